The average Bonchev–Trinajstić information content (AvgIpc) is 2.45. The minimum absolute atomic E-state index is 0.0676. The van der Waals surface area contributed by atoms with Crippen molar-refractivity contribution in [1.82, 2.24) is 10.6 Å². The van der Waals surface area contributed by atoms with Gasteiger partial charge in [-0.15, -0.1) is 0 Å². The molecule has 0 spiro atoms. The molecule has 1 rings (SSSR count). The van der Waals surface area contributed by atoms with Crippen molar-refractivity contribution in [3.8, 4) is 5.75 Å². The Balaban J connectivity index is 2.45. The van der Waals surface area contributed by atoms with Gasteiger partial charge in [-0.1, -0.05) is 6.92 Å². The van der Waals surface area contributed by atoms with Gasteiger partial charge in [0, 0.05) is 25.1 Å². The first-order chi connectivity index (χ1) is 9.58. The Kier molecular flexibility index (Phi) is 6.36. The highest BCUT2D eigenvalue weighted by Crippen LogP contribution is 2.21. The maximum atomic E-state index is 11.9. The molecule has 0 saturated heterocycles. The second-order valence-corrected chi connectivity index (χ2v) is 4.31. The Morgan fingerprint density at radius 2 is 2.00 bits per heavy atom. The van der Waals surface area contributed by atoms with Crippen LogP contribution in [-0.2, 0) is 4.79 Å². The molecule has 0 fully saturated rings. The van der Waals surface area contributed by atoms with Gasteiger partial charge in [-0.05, 0) is 24.6 Å². The summed E-state index contributed by atoms with van der Waals surface area (Å²) in [5.41, 5.74) is 6.60. The van der Waals surface area contributed by atoms with Gasteiger partial charge in [-0.2, -0.15) is 0 Å². The number of nitrogens with one attached hydrogen (secondary N) is 2. The molecule has 0 saturated carbocycles. The van der Waals surface area contributed by atoms with Gasteiger partial charge in [-0.3, -0.25) is 9.59 Å². The van der Waals surface area contributed by atoms with Crippen LogP contribution < -0.4 is 21.1 Å². The summed E-state index contributed by atoms with van der Waals surface area (Å²) in [4.78, 5) is 23.2. The molecule has 1 aromatic carbocycles. The van der Waals surface area contributed by atoms with Crippen molar-refractivity contribution in [2.45, 2.75) is 19.8 Å². The van der Waals surface area contributed by atoms with Gasteiger partial charge in [0.15, 0.2) is 0 Å². The number of methoxy groups -OCH3 is 1. The van der Waals surface area contributed by atoms with Crippen molar-refractivity contribution in [2.75, 3.05) is 25.9 Å². The van der Waals surface area contributed by atoms with Crippen molar-refractivity contribution < 1.29 is 14.3 Å². The molecule has 0 aliphatic rings. The van der Waals surface area contributed by atoms with Crippen molar-refractivity contribution in [3.63, 3.8) is 0 Å². The number of amides is 2. The number of carbonyl (C=O) groups excluding carboxylic acids is 2. The third-order valence-corrected chi connectivity index (χ3v) is 2.71. The minimum Gasteiger partial charge on any atom is -0.495 e. The standard InChI is InChI=1S/C14H21N3O3/c1-3-7-16-13(18)6-8-17-14(19)10-4-5-11(15)12(9-10)20-2/h4-5,9H,3,6-8,15H2,1-2H3,(H,16,18)(H,17,19). The fourth-order valence-electron chi connectivity index (χ4n) is 1.60. The molecule has 4 N–H and O–H groups in total. The summed E-state index contributed by atoms with van der Waals surface area (Å²) in [5.74, 6) is 0.131. The lowest BCUT2D eigenvalue weighted by Crippen LogP contribution is -2.31. The second-order valence-electron chi connectivity index (χ2n) is 4.31. The monoisotopic (exact) mass is 279 g/mol. The van der Waals surface area contributed by atoms with E-state index in [1.165, 1.54) is 7.11 Å². The Hall–Kier alpha value is -2.24. The Morgan fingerprint density at radius 3 is 2.65 bits per heavy atom. The van der Waals surface area contributed by atoms with E-state index >= 15 is 0 Å². The zero-order valence-electron chi connectivity index (χ0n) is 11.9. The van der Waals surface area contributed by atoms with Gasteiger partial charge >= 0.3 is 0 Å². The highest BCUT2D eigenvalue weighted by molar-refractivity contribution is 5.95. The van der Waals surface area contributed by atoms with Crippen molar-refractivity contribution in [3.05, 3.63) is 23.8 Å². The first-order valence-electron chi connectivity index (χ1n) is 6.57. The molecule has 0 atom stereocenters. The Morgan fingerprint density at radius 1 is 1.25 bits per heavy atom. The van der Waals surface area contributed by atoms with Gasteiger partial charge in [-0.25, -0.2) is 0 Å². The van der Waals surface area contributed by atoms with E-state index in [-0.39, 0.29) is 18.2 Å². The lowest BCUT2D eigenvalue weighted by Gasteiger charge is -2.08. The van der Waals surface area contributed by atoms with E-state index in [9.17, 15) is 9.59 Å². The van der Waals surface area contributed by atoms with E-state index in [2.05, 4.69) is 10.6 Å². The van der Waals surface area contributed by atoms with Crippen LogP contribution >= 0.6 is 0 Å². The summed E-state index contributed by atoms with van der Waals surface area (Å²) in [6.45, 7) is 2.93. The lowest BCUT2D eigenvalue weighted by atomic mass is 10.1. The fraction of sp³-hybridized carbons (Fsp3) is 0.429. The van der Waals surface area contributed by atoms with E-state index in [1.54, 1.807) is 18.2 Å². The summed E-state index contributed by atoms with van der Waals surface area (Å²) in [7, 11) is 1.49. The van der Waals surface area contributed by atoms with E-state index in [0.717, 1.165) is 6.42 Å². The van der Waals surface area contributed by atoms with Crippen molar-refractivity contribution >= 4 is 17.5 Å². The zero-order valence-corrected chi connectivity index (χ0v) is 11.9. The molecule has 110 valence electrons. The van der Waals surface area contributed by atoms with E-state index in [1.807, 2.05) is 6.92 Å². The zero-order chi connectivity index (χ0) is 15.0. The van der Waals surface area contributed by atoms with Gasteiger partial charge in [0.1, 0.15) is 5.75 Å². The number of ether oxygens (including phenoxy) is 1. The molecule has 20 heavy (non-hydrogen) atoms. The van der Waals surface area contributed by atoms with Crippen LogP contribution in [0.3, 0.4) is 0 Å². The Bertz CT molecular complexity index is 475. The smallest absolute Gasteiger partial charge is 0.251 e. The lowest BCUT2D eigenvalue weighted by molar-refractivity contribution is -0.120. The molecule has 0 unspecified atom stereocenters. The number of hydrogen-bond acceptors (Lipinski definition) is 4. The second kappa shape index (κ2) is 8.04. The molecule has 6 nitrogen and oxygen atoms in total. The van der Waals surface area contributed by atoms with E-state index in [4.69, 9.17) is 10.5 Å². The molecule has 0 aromatic heterocycles. The third kappa shape index (κ3) is 4.79. The number of nitrogen functional groups attached to an aromatic ring is 1. The fourth-order valence-corrected chi connectivity index (χ4v) is 1.60. The van der Waals surface area contributed by atoms with Gasteiger partial charge in [0.2, 0.25) is 5.91 Å². The number of rotatable bonds is 7. The predicted octanol–water partition coefficient (Wildman–Crippen LogP) is 0.923. The van der Waals surface area contributed by atoms with Crippen LogP contribution in [0.4, 0.5) is 5.69 Å². The first kappa shape index (κ1) is 15.8. The topological polar surface area (TPSA) is 93.5 Å². The minimum atomic E-state index is -0.258. The average molecular weight is 279 g/mol. The number of nitrogens with two attached hydrogens (primary N) is 1. The summed E-state index contributed by atoms with van der Waals surface area (Å²) < 4.78 is 5.05. The highest BCUT2D eigenvalue weighted by Gasteiger charge is 2.09. The van der Waals surface area contributed by atoms with Crippen LogP contribution in [0.5, 0.6) is 5.75 Å². The normalized spacial score (nSPS) is 9.90. The van der Waals surface area contributed by atoms with Crippen LogP contribution in [0.15, 0.2) is 18.2 Å². The quantitative estimate of drug-likeness (QED) is 0.647. The number of hydrogen-bond donors (Lipinski definition) is 3. The van der Waals surface area contributed by atoms with Gasteiger partial charge < -0.3 is 21.1 Å². The molecule has 2 amide bonds. The molecule has 0 aliphatic heterocycles. The molecule has 1 aromatic rings. The van der Waals surface area contributed by atoms with Gasteiger partial charge in [0.05, 0.1) is 12.8 Å². The summed E-state index contributed by atoms with van der Waals surface area (Å²) in [6, 6.07) is 4.80. The number of carbonyl (C=O) groups is 2. The maximum Gasteiger partial charge on any atom is 0.251 e. The van der Waals surface area contributed by atoms with E-state index < -0.39 is 0 Å². The SMILES string of the molecule is CCCNC(=O)CCNC(=O)c1ccc(N)c(OC)c1. The molecular weight excluding hydrogens is 258 g/mol. The van der Waals surface area contributed by atoms with Crippen LogP contribution in [-0.4, -0.2) is 32.0 Å². The molecule has 6 heteroatoms. The van der Waals surface area contributed by atoms with Crippen LogP contribution in [0.25, 0.3) is 0 Å². The van der Waals surface area contributed by atoms with Crippen LogP contribution in [0, 0.1) is 0 Å². The maximum absolute atomic E-state index is 11.9. The third-order valence-electron chi connectivity index (χ3n) is 2.71. The Labute approximate surface area is 118 Å². The first-order valence-corrected chi connectivity index (χ1v) is 6.57. The number of anilines is 1. The molecule has 0 heterocycles. The molecule has 0 radical (unpaired) electrons. The van der Waals surface area contributed by atoms with Gasteiger partial charge in [0.25, 0.3) is 5.91 Å². The molecule has 0 aliphatic carbocycles. The molecular formula is C14H21N3O3. The van der Waals surface area contributed by atoms with Crippen molar-refractivity contribution in [1.29, 1.82) is 0 Å². The highest BCUT2D eigenvalue weighted by atomic mass is 16.5. The van der Waals surface area contributed by atoms with Crippen LogP contribution in [0.2, 0.25) is 0 Å². The predicted molar refractivity (Wildman–Crippen MR) is 77.7 cm³/mol. The summed E-state index contributed by atoms with van der Waals surface area (Å²) in [6.07, 6.45) is 1.15. The van der Waals surface area contributed by atoms with Crippen LogP contribution in [0.1, 0.15) is 30.1 Å². The van der Waals surface area contributed by atoms with Crippen molar-refractivity contribution in [2.24, 2.45) is 0 Å². The summed E-state index contributed by atoms with van der Waals surface area (Å²) in [5, 5.41) is 5.43. The number of benzene rings is 1. The van der Waals surface area contributed by atoms with E-state index in [0.29, 0.717) is 30.1 Å². The summed E-state index contributed by atoms with van der Waals surface area (Å²) >= 11 is 0. The molecule has 0 bridgehead atoms. The largest absolute Gasteiger partial charge is 0.495 e.